The lowest BCUT2D eigenvalue weighted by Gasteiger charge is -2.30. The second kappa shape index (κ2) is 5.75. The van der Waals surface area contributed by atoms with Crippen molar-refractivity contribution < 1.29 is 26.7 Å². The summed E-state index contributed by atoms with van der Waals surface area (Å²) in [5.41, 5.74) is -1.30. The Labute approximate surface area is 125 Å². The van der Waals surface area contributed by atoms with Gasteiger partial charge in [-0.1, -0.05) is 11.6 Å². The van der Waals surface area contributed by atoms with E-state index in [1.807, 2.05) is 0 Å². The second-order valence-corrected chi connectivity index (χ2v) is 7.14. The van der Waals surface area contributed by atoms with Gasteiger partial charge in [0, 0.05) is 18.1 Å². The molecule has 0 saturated carbocycles. The third kappa shape index (κ3) is 3.50. The first-order valence-corrected chi connectivity index (χ1v) is 7.99. The van der Waals surface area contributed by atoms with E-state index in [0.717, 1.165) is 16.4 Å². The standard InChI is InChI=1S/C12H13ClF3NO3S/c13-8-3-4-11(10(6-8)12(14,15)16)21(19,20)17-5-1-2-9(18)7-17/h3-4,6,9,18H,1-2,5,7H2. The third-order valence-electron chi connectivity index (χ3n) is 3.22. The molecule has 2 rings (SSSR count). The summed E-state index contributed by atoms with van der Waals surface area (Å²) in [6.07, 6.45) is -4.87. The Morgan fingerprint density at radius 2 is 2.00 bits per heavy atom. The number of hydrogen-bond acceptors (Lipinski definition) is 3. The van der Waals surface area contributed by atoms with Crippen LogP contribution in [-0.2, 0) is 16.2 Å². The average Bonchev–Trinajstić information content (AvgIpc) is 2.37. The monoisotopic (exact) mass is 343 g/mol. The number of hydrogen-bond donors (Lipinski definition) is 1. The molecule has 1 aromatic rings. The van der Waals surface area contributed by atoms with Crippen molar-refractivity contribution in [2.24, 2.45) is 0 Å². The molecular weight excluding hydrogens is 331 g/mol. The second-order valence-electron chi connectivity index (χ2n) is 4.80. The minimum atomic E-state index is -4.83. The van der Waals surface area contributed by atoms with Crippen LogP contribution < -0.4 is 0 Å². The van der Waals surface area contributed by atoms with Gasteiger partial charge in [0.15, 0.2) is 0 Å². The molecule has 118 valence electrons. The van der Waals surface area contributed by atoms with E-state index in [9.17, 15) is 26.7 Å². The van der Waals surface area contributed by atoms with Crippen LogP contribution in [0.25, 0.3) is 0 Å². The number of aliphatic hydroxyl groups excluding tert-OH is 1. The summed E-state index contributed by atoms with van der Waals surface area (Å²) in [5, 5.41) is 9.32. The van der Waals surface area contributed by atoms with Gasteiger partial charge in [-0.2, -0.15) is 17.5 Å². The molecule has 1 aliphatic rings. The maximum absolute atomic E-state index is 13.0. The fraction of sp³-hybridized carbons (Fsp3) is 0.500. The predicted molar refractivity (Wildman–Crippen MR) is 70.5 cm³/mol. The molecule has 1 fully saturated rings. The molecule has 1 aromatic carbocycles. The quantitative estimate of drug-likeness (QED) is 0.897. The molecule has 1 heterocycles. The molecule has 9 heteroatoms. The first-order valence-electron chi connectivity index (χ1n) is 6.17. The molecule has 4 nitrogen and oxygen atoms in total. The summed E-state index contributed by atoms with van der Waals surface area (Å²) in [6, 6.07) is 2.54. The van der Waals surface area contributed by atoms with Crippen molar-refractivity contribution in [1.82, 2.24) is 4.31 Å². The fourth-order valence-corrected chi connectivity index (χ4v) is 4.11. The molecular formula is C12H13ClF3NO3S. The number of halogens is 4. The van der Waals surface area contributed by atoms with Gasteiger partial charge in [0.05, 0.1) is 16.6 Å². The zero-order valence-electron chi connectivity index (χ0n) is 10.8. The number of alkyl halides is 3. The molecule has 1 unspecified atom stereocenters. The van der Waals surface area contributed by atoms with Gasteiger partial charge in [0.25, 0.3) is 0 Å². The Hall–Kier alpha value is -0.830. The summed E-state index contributed by atoms with van der Waals surface area (Å²) in [4.78, 5) is -0.839. The molecule has 1 aliphatic heterocycles. The minimum absolute atomic E-state index is 0.0827. The maximum atomic E-state index is 13.0. The highest BCUT2D eigenvalue weighted by Crippen LogP contribution is 2.37. The van der Waals surface area contributed by atoms with Crippen LogP contribution >= 0.6 is 11.6 Å². The Morgan fingerprint density at radius 1 is 1.33 bits per heavy atom. The average molecular weight is 344 g/mol. The van der Waals surface area contributed by atoms with Crippen molar-refractivity contribution in [1.29, 1.82) is 0 Å². The number of β-amino-alcohol motifs (C(OH)–C–C–N with tert-alkyl or cyclic N) is 1. The molecule has 0 bridgehead atoms. The number of nitrogens with zero attached hydrogens (tertiary/aromatic N) is 1. The van der Waals surface area contributed by atoms with E-state index in [0.29, 0.717) is 18.9 Å². The van der Waals surface area contributed by atoms with E-state index in [1.54, 1.807) is 0 Å². The number of sulfonamides is 1. The summed E-state index contributed by atoms with van der Waals surface area (Å²) in [7, 11) is -4.33. The zero-order chi connectivity index (χ0) is 15.8. The molecule has 0 aliphatic carbocycles. The molecule has 1 atom stereocenters. The van der Waals surface area contributed by atoms with Crippen LogP contribution in [0.1, 0.15) is 18.4 Å². The Balaban J connectivity index is 2.50. The van der Waals surface area contributed by atoms with Crippen molar-refractivity contribution in [2.45, 2.75) is 30.0 Å². The topological polar surface area (TPSA) is 57.6 Å². The van der Waals surface area contributed by atoms with Gasteiger partial charge in [-0.25, -0.2) is 8.42 Å². The highest BCUT2D eigenvalue weighted by Gasteiger charge is 2.40. The Kier molecular flexibility index (Phi) is 4.53. The largest absolute Gasteiger partial charge is 0.417 e. The lowest BCUT2D eigenvalue weighted by molar-refractivity contribution is -0.139. The Morgan fingerprint density at radius 3 is 2.57 bits per heavy atom. The molecule has 1 saturated heterocycles. The SMILES string of the molecule is O=S(=O)(c1ccc(Cl)cc1C(F)(F)F)N1CCCC(O)C1. The summed E-state index contributed by atoms with van der Waals surface area (Å²) >= 11 is 5.53. The molecule has 21 heavy (non-hydrogen) atoms. The van der Waals surface area contributed by atoms with Crippen LogP contribution in [-0.4, -0.2) is 37.0 Å². The fourth-order valence-electron chi connectivity index (χ4n) is 2.23. The van der Waals surface area contributed by atoms with Crippen LogP contribution in [0.4, 0.5) is 13.2 Å². The number of rotatable bonds is 2. The van der Waals surface area contributed by atoms with Crippen LogP contribution in [0.2, 0.25) is 5.02 Å². The lowest BCUT2D eigenvalue weighted by Crippen LogP contribution is -2.42. The highest BCUT2D eigenvalue weighted by atomic mass is 35.5. The lowest BCUT2D eigenvalue weighted by atomic mass is 10.1. The van der Waals surface area contributed by atoms with Crippen LogP contribution in [0.3, 0.4) is 0 Å². The van der Waals surface area contributed by atoms with Crippen molar-refractivity contribution in [3.63, 3.8) is 0 Å². The first kappa shape index (κ1) is 16.5. The van der Waals surface area contributed by atoms with Crippen molar-refractivity contribution >= 4 is 21.6 Å². The van der Waals surface area contributed by atoms with Crippen molar-refractivity contribution in [2.75, 3.05) is 13.1 Å². The highest BCUT2D eigenvalue weighted by molar-refractivity contribution is 7.89. The van der Waals surface area contributed by atoms with Crippen molar-refractivity contribution in [3.8, 4) is 0 Å². The summed E-state index contributed by atoms with van der Waals surface area (Å²) < 4.78 is 64.7. The van der Waals surface area contributed by atoms with Gasteiger partial charge >= 0.3 is 6.18 Å². The van der Waals surface area contributed by atoms with Crippen LogP contribution in [0.5, 0.6) is 0 Å². The molecule has 0 aromatic heterocycles. The maximum Gasteiger partial charge on any atom is 0.417 e. The number of aliphatic hydroxyl groups is 1. The van der Waals surface area contributed by atoms with E-state index in [4.69, 9.17) is 11.6 Å². The van der Waals surface area contributed by atoms with Gasteiger partial charge in [0.1, 0.15) is 0 Å². The van der Waals surface area contributed by atoms with Gasteiger partial charge < -0.3 is 5.11 Å². The van der Waals surface area contributed by atoms with E-state index in [1.165, 1.54) is 0 Å². The van der Waals surface area contributed by atoms with Gasteiger partial charge in [0.2, 0.25) is 10.0 Å². The van der Waals surface area contributed by atoms with Gasteiger partial charge in [-0.05, 0) is 31.0 Å². The molecule has 0 spiro atoms. The normalized spacial score (nSPS) is 21.5. The van der Waals surface area contributed by atoms with Crippen LogP contribution in [0.15, 0.2) is 23.1 Å². The Bertz CT molecular complexity index is 633. The number of benzene rings is 1. The summed E-state index contributed by atoms with van der Waals surface area (Å²) in [5.74, 6) is 0. The van der Waals surface area contributed by atoms with Gasteiger partial charge in [-0.15, -0.1) is 0 Å². The molecule has 0 radical (unpaired) electrons. The minimum Gasteiger partial charge on any atom is -0.392 e. The van der Waals surface area contributed by atoms with E-state index in [2.05, 4.69) is 0 Å². The summed E-state index contributed by atoms with van der Waals surface area (Å²) in [6.45, 7) is -0.123. The van der Waals surface area contributed by atoms with Crippen LogP contribution in [0, 0.1) is 0 Å². The molecule has 0 amide bonds. The number of piperidine rings is 1. The smallest absolute Gasteiger partial charge is 0.392 e. The third-order valence-corrected chi connectivity index (χ3v) is 5.38. The van der Waals surface area contributed by atoms with E-state index >= 15 is 0 Å². The van der Waals surface area contributed by atoms with Crippen molar-refractivity contribution in [3.05, 3.63) is 28.8 Å². The first-order chi connectivity index (χ1) is 9.62. The molecule has 1 N–H and O–H groups in total. The van der Waals surface area contributed by atoms with E-state index < -0.39 is 32.8 Å². The van der Waals surface area contributed by atoms with E-state index in [-0.39, 0.29) is 18.1 Å². The zero-order valence-corrected chi connectivity index (χ0v) is 12.3. The predicted octanol–water partition coefficient (Wildman–Crippen LogP) is 2.50. The van der Waals surface area contributed by atoms with Gasteiger partial charge in [-0.3, -0.25) is 0 Å².